The third kappa shape index (κ3) is 4.32. The second-order valence-corrected chi connectivity index (χ2v) is 6.74. The molecule has 23 heavy (non-hydrogen) atoms. The number of amides is 1. The minimum Gasteiger partial charge on any atom is -0.339 e. The maximum absolute atomic E-state index is 12.5. The molecule has 128 valence electrons. The Bertz CT molecular complexity index is 509. The van der Waals surface area contributed by atoms with Gasteiger partial charge < -0.3 is 14.8 Å². The zero-order valence-corrected chi connectivity index (χ0v) is 14.2. The molecule has 0 bridgehead atoms. The molecule has 1 N–H and O–H groups in total. The molecule has 1 atom stereocenters. The number of likely N-dealkylation sites (tertiary alicyclic amines) is 1. The molecular formula is C17H29N5O. The molecule has 2 aliphatic heterocycles. The number of aromatic nitrogens is 2. The topological polar surface area (TPSA) is 53.4 Å². The predicted molar refractivity (Wildman–Crippen MR) is 90.2 cm³/mol. The van der Waals surface area contributed by atoms with Crippen LogP contribution in [0.25, 0.3) is 0 Å². The first-order valence-electron chi connectivity index (χ1n) is 8.93. The fraction of sp³-hybridized carbons (Fsp3) is 0.765. The second kappa shape index (κ2) is 7.93. The summed E-state index contributed by atoms with van der Waals surface area (Å²) in [6.07, 6.45) is 9.66. The van der Waals surface area contributed by atoms with Gasteiger partial charge in [-0.15, -0.1) is 0 Å². The van der Waals surface area contributed by atoms with Crippen molar-refractivity contribution in [3.05, 3.63) is 18.2 Å². The van der Waals surface area contributed by atoms with Gasteiger partial charge in [0.25, 0.3) is 0 Å². The lowest BCUT2D eigenvalue weighted by atomic mass is 9.97. The van der Waals surface area contributed by atoms with Gasteiger partial charge in [0.15, 0.2) is 0 Å². The minimum atomic E-state index is 0.301. The van der Waals surface area contributed by atoms with Crippen molar-refractivity contribution < 1.29 is 4.79 Å². The van der Waals surface area contributed by atoms with Crippen molar-refractivity contribution in [3.8, 4) is 0 Å². The Morgan fingerprint density at radius 2 is 2.13 bits per heavy atom. The number of carbonyl (C=O) groups is 1. The van der Waals surface area contributed by atoms with Crippen LogP contribution >= 0.6 is 0 Å². The molecule has 0 radical (unpaired) electrons. The van der Waals surface area contributed by atoms with Crippen LogP contribution in [0.3, 0.4) is 0 Å². The first kappa shape index (κ1) is 16.5. The van der Waals surface area contributed by atoms with Gasteiger partial charge in [-0.3, -0.25) is 9.69 Å². The average molecular weight is 319 g/mol. The van der Waals surface area contributed by atoms with Gasteiger partial charge in [-0.25, -0.2) is 4.98 Å². The summed E-state index contributed by atoms with van der Waals surface area (Å²) < 4.78 is 2.10. The van der Waals surface area contributed by atoms with Crippen molar-refractivity contribution in [2.24, 2.45) is 7.05 Å². The van der Waals surface area contributed by atoms with E-state index in [1.807, 2.05) is 17.3 Å². The Morgan fingerprint density at radius 1 is 1.30 bits per heavy atom. The highest BCUT2D eigenvalue weighted by Crippen LogP contribution is 2.21. The molecule has 0 unspecified atom stereocenters. The van der Waals surface area contributed by atoms with E-state index in [1.54, 1.807) is 0 Å². The highest BCUT2D eigenvalue weighted by molar-refractivity contribution is 5.78. The highest BCUT2D eigenvalue weighted by atomic mass is 16.2. The van der Waals surface area contributed by atoms with Crippen molar-refractivity contribution in [3.63, 3.8) is 0 Å². The largest absolute Gasteiger partial charge is 0.339 e. The number of nitrogens with one attached hydrogen (secondary N) is 1. The smallest absolute Gasteiger partial charge is 0.236 e. The van der Waals surface area contributed by atoms with Crippen LogP contribution in [0, 0.1) is 0 Å². The molecule has 6 heteroatoms. The van der Waals surface area contributed by atoms with E-state index >= 15 is 0 Å². The Morgan fingerprint density at radius 3 is 2.87 bits per heavy atom. The number of hydrogen-bond donors (Lipinski definition) is 1. The van der Waals surface area contributed by atoms with Gasteiger partial charge in [0.05, 0.1) is 6.54 Å². The van der Waals surface area contributed by atoms with E-state index < -0.39 is 0 Å². The third-order valence-electron chi connectivity index (χ3n) is 5.18. The maximum Gasteiger partial charge on any atom is 0.236 e. The Labute approximate surface area is 138 Å². The summed E-state index contributed by atoms with van der Waals surface area (Å²) in [4.78, 5) is 21.4. The van der Waals surface area contributed by atoms with Gasteiger partial charge in [-0.2, -0.15) is 0 Å². The quantitative estimate of drug-likeness (QED) is 0.865. The molecule has 0 aromatic carbocycles. The molecule has 2 aliphatic rings. The number of piperazine rings is 1. The fourth-order valence-electron chi connectivity index (χ4n) is 3.72. The van der Waals surface area contributed by atoms with Crippen LogP contribution < -0.4 is 5.32 Å². The van der Waals surface area contributed by atoms with Gasteiger partial charge in [0.1, 0.15) is 5.82 Å². The molecule has 1 aromatic rings. The lowest BCUT2D eigenvalue weighted by Gasteiger charge is -2.37. The van der Waals surface area contributed by atoms with Crippen LogP contribution in [0.5, 0.6) is 0 Å². The first-order chi connectivity index (χ1) is 11.2. The van der Waals surface area contributed by atoms with E-state index in [4.69, 9.17) is 0 Å². The number of nitrogens with zero attached hydrogens (tertiary/aromatic N) is 4. The lowest BCUT2D eigenvalue weighted by Crippen LogP contribution is -2.51. The van der Waals surface area contributed by atoms with Crippen molar-refractivity contribution in [1.29, 1.82) is 0 Å². The van der Waals surface area contributed by atoms with Crippen LogP contribution in [-0.4, -0.2) is 70.6 Å². The van der Waals surface area contributed by atoms with Gasteiger partial charge in [-0.1, -0.05) is 6.42 Å². The summed E-state index contributed by atoms with van der Waals surface area (Å²) in [7, 11) is 2.05. The van der Waals surface area contributed by atoms with Crippen molar-refractivity contribution in [1.82, 2.24) is 24.7 Å². The van der Waals surface area contributed by atoms with E-state index in [1.165, 1.54) is 19.3 Å². The van der Waals surface area contributed by atoms with E-state index in [2.05, 4.69) is 26.8 Å². The number of carbonyl (C=O) groups excluding carboxylic acids is 1. The van der Waals surface area contributed by atoms with E-state index in [0.29, 0.717) is 18.5 Å². The molecule has 0 spiro atoms. The summed E-state index contributed by atoms with van der Waals surface area (Å²) in [5.74, 6) is 1.44. The van der Waals surface area contributed by atoms with E-state index in [0.717, 1.165) is 51.4 Å². The molecule has 0 saturated carbocycles. The highest BCUT2D eigenvalue weighted by Gasteiger charge is 2.26. The van der Waals surface area contributed by atoms with E-state index in [9.17, 15) is 4.79 Å². The molecule has 2 fully saturated rings. The lowest BCUT2D eigenvalue weighted by molar-refractivity contribution is -0.134. The van der Waals surface area contributed by atoms with Gasteiger partial charge in [-0.05, 0) is 25.8 Å². The van der Waals surface area contributed by atoms with Gasteiger partial charge in [0, 0.05) is 58.1 Å². The van der Waals surface area contributed by atoms with Crippen LogP contribution in [-0.2, 0) is 18.3 Å². The molecular weight excluding hydrogens is 290 g/mol. The van der Waals surface area contributed by atoms with Crippen molar-refractivity contribution in [2.45, 2.75) is 38.1 Å². The van der Waals surface area contributed by atoms with Crippen molar-refractivity contribution in [2.75, 3.05) is 39.3 Å². The summed E-state index contributed by atoms with van der Waals surface area (Å²) in [6, 6.07) is 0.521. The van der Waals surface area contributed by atoms with Gasteiger partial charge in [0.2, 0.25) is 5.91 Å². The zero-order chi connectivity index (χ0) is 16.1. The minimum absolute atomic E-state index is 0.301. The molecule has 0 aliphatic carbocycles. The summed E-state index contributed by atoms with van der Waals surface area (Å²) in [6.45, 7) is 5.20. The summed E-state index contributed by atoms with van der Waals surface area (Å²) in [5.41, 5.74) is 0. The number of rotatable bonds is 5. The number of aryl methyl sites for hydroxylation is 2. The molecule has 1 aromatic heterocycles. The first-order valence-corrected chi connectivity index (χ1v) is 8.93. The van der Waals surface area contributed by atoms with Crippen molar-refractivity contribution >= 4 is 5.91 Å². The average Bonchev–Trinajstić information content (AvgIpc) is 3.00. The van der Waals surface area contributed by atoms with E-state index in [-0.39, 0.29) is 0 Å². The standard InChI is InChI=1S/C17H29N5O/c1-20-11-9-19-16(20)6-5-15-4-2-3-10-22(15)14-17(23)21-12-7-18-8-13-21/h9,11,15,18H,2-8,10,12-14H2,1H3/t15-/m0/s1. The second-order valence-electron chi connectivity index (χ2n) is 6.74. The summed E-state index contributed by atoms with van der Waals surface area (Å²) >= 11 is 0. The SMILES string of the molecule is Cn1ccnc1CC[C@@H]1CCCCN1CC(=O)N1CCNCC1. The predicted octanol–water partition coefficient (Wildman–Crippen LogP) is 0.639. The molecule has 3 heterocycles. The fourth-order valence-corrected chi connectivity index (χ4v) is 3.72. The third-order valence-corrected chi connectivity index (χ3v) is 5.18. The zero-order valence-electron chi connectivity index (χ0n) is 14.2. The van der Waals surface area contributed by atoms with Crippen LogP contribution in [0.4, 0.5) is 0 Å². The van der Waals surface area contributed by atoms with Crippen LogP contribution in [0.1, 0.15) is 31.5 Å². The summed E-state index contributed by atoms with van der Waals surface area (Å²) in [5, 5.41) is 3.31. The van der Waals surface area contributed by atoms with Crippen LogP contribution in [0.2, 0.25) is 0 Å². The van der Waals surface area contributed by atoms with Gasteiger partial charge >= 0.3 is 0 Å². The number of piperidine rings is 1. The Kier molecular flexibility index (Phi) is 5.67. The monoisotopic (exact) mass is 319 g/mol. The molecule has 1 amide bonds. The van der Waals surface area contributed by atoms with Crippen LogP contribution in [0.15, 0.2) is 12.4 Å². The number of imidazole rings is 1. The maximum atomic E-state index is 12.5. The molecule has 2 saturated heterocycles. The Balaban J connectivity index is 1.53. The number of hydrogen-bond acceptors (Lipinski definition) is 4. The Hall–Kier alpha value is -1.40. The molecule has 3 rings (SSSR count). The molecule has 6 nitrogen and oxygen atoms in total. The normalized spacial score (nSPS) is 23.2.